The summed E-state index contributed by atoms with van der Waals surface area (Å²) in [5, 5.41) is 0.698. The van der Waals surface area contributed by atoms with Crippen LogP contribution < -0.4 is 4.74 Å². The van der Waals surface area contributed by atoms with Gasteiger partial charge in [0.15, 0.2) is 5.16 Å². The third kappa shape index (κ3) is 4.63. The first-order valence-corrected chi connectivity index (χ1v) is 5.78. The summed E-state index contributed by atoms with van der Waals surface area (Å²) in [5.74, 6) is 0.766. The van der Waals surface area contributed by atoms with Crippen LogP contribution in [0.4, 0.5) is 0 Å². The Morgan fingerprint density at radius 2 is 2.13 bits per heavy atom. The normalized spacial score (nSPS) is 10.3. The minimum absolute atomic E-state index is 0.147. The molecule has 0 N–H and O–H groups in total. The first kappa shape index (κ1) is 12.5. The van der Waals surface area contributed by atoms with Crippen molar-refractivity contribution in [1.29, 1.82) is 0 Å². The molecule has 0 bridgehead atoms. The molecule has 0 spiro atoms. The van der Waals surface area contributed by atoms with Crippen LogP contribution >= 0.6 is 23.4 Å². The molecule has 84 valence electrons. The highest BCUT2D eigenvalue weighted by Gasteiger charge is 2.05. The molecule has 7 heteroatoms. The Hall–Kier alpha value is -0.590. The van der Waals surface area contributed by atoms with Crippen molar-refractivity contribution < 1.29 is 9.47 Å². The molecule has 0 unspecified atom stereocenters. The van der Waals surface area contributed by atoms with Crippen molar-refractivity contribution in [2.75, 3.05) is 26.1 Å². The van der Waals surface area contributed by atoms with Gasteiger partial charge in [-0.1, -0.05) is 11.8 Å². The number of hydrogen-bond acceptors (Lipinski definition) is 6. The third-order valence-electron chi connectivity index (χ3n) is 1.36. The van der Waals surface area contributed by atoms with Gasteiger partial charge in [0, 0.05) is 12.9 Å². The fourth-order valence-electron chi connectivity index (χ4n) is 0.789. The van der Waals surface area contributed by atoms with Gasteiger partial charge in [0.1, 0.15) is 0 Å². The van der Waals surface area contributed by atoms with Crippen LogP contribution in [0.5, 0.6) is 6.01 Å². The van der Waals surface area contributed by atoms with Gasteiger partial charge in [0.2, 0.25) is 5.28 Å². The summed E-state index contributed by atoms with van der Waals surface area (Å²) in [6.07, 6.45) is 0. The molecule has 0 aliphatic heterocycles. The number of thioether (sulfide) groups is 1. The molecule has 0 amide bonds. The van der Waals surface area contributed by atoms with Crippen LogP contribution in [0.15, 0.2) is 5.16 Å². The lowest BCUT2D eigenvalue weighted by atomic mass is 10.8. The first-order valence-electron chi connectivity index (χ1n) is 4.42. The lowest BCUT2D eigenvalue weighted by molar-refractivity contribution is 0.218. The molecule has 1 aromatic heterocycles. The van der Waals surface area contributed by atoms with Gasteiger partial charge in [-0.05, 0) is 18.5 Å². The zero-order valence-electron chi connectivity index (χ0n) is 8.57. The van der Waals surface area contributed by atoms with Crippen molar-refractivity contribution in [2.24, 2.45) is 0 Å². The van der Waals surface area contributed by atoms with Crippen LogP contribution in [0.3, 0.4) is 0 Å². The average Bonchev–Trinajstić information content (AvgIpc) is 2.18. The highest BCUT2D eigenvalue weighted by atomic mass is 35.5. The number of aromatic nitrogens is 3. The summed E-state index contributed by atoms with van der Waals surface area (Å²) < 4.78 is 10.1. The largest absolute Gasteiger partial charge is 0.464 e. The van der Waals surface area contributed by atoms with E-state index >= 15 is 0 Å². The van der Waals surface area contributed by atoms with E-state index in [4.69, 9.17) is 21.1 Å². The summed E-state index contributed by atoms with van der Waals surface area (Å²) in [7, 11) is 1.65. The predicted molar refractivity (Wildman–Crippen MR) is 58.6 cm³/mol. The van der Waals surface area contributed by atoms with Crippen molar-refractivity contribution in [3.63, 3.8) is 0 Å². The molecule has 1 rings (SSSR count). The highest BCUT2D eigenvalue weighted by Crippen LogP contribution is 2.17. The molecule has 1 heterocycles. The van der Waals surface area contributed by atoms with E-state index in [-0.39, 0.29) is 11.3 Å². The van der Waals surface area contributed by atoms with E-state index in [9.17, 15) is 0 Å². The van der Waals surface area contributed by atoms with Gasteiger partial charge >= 0.3 is 6.01 Å². The summed E-state index contributed by atoms with van der Waals surface area (Å²) >= 11 is 7.16. The van der Waals surface area contributed by atoms with E-state index in [0.29, 0.717) is 18.4 Å². The van der Waals surface area contributed by atoms with Gasteiger partial charge in [-0.15, -0.1) is 0 Å². The molecule has 0 atom stereocenters. The third-order valence-corrected chi connectivity index (χ3v) is 2.34. The Balaban J connectivity index is 2.62. The average molecular weight is 250 g/mol. The fraction of sp³-hybridized carbons (Fsp3) is 0.625. The lowest BCUT2D eigenvalue weighted by Gasteiger charge is -2.03. The van der Waals surface area contributed by atoms with Gasteiger partial charge in [-0.2, -0.15) is 15.0 Å². The van der Waals surface area contributed by atoms with Gasteiger partial charge in [-0.3, -0.25) is 0 Å². The maximum atomic E-state index is 5.71. The molecule has 0 radical (unpaired) electrons. The molecule has 0 aliphatic carbocycles. The smallest absolute Gasteiger partial charge is 0.321 e. The Labute approximate surface area is 97.6 Å². The Morgan fingerprint density at radius 1 is 1.33 bits per heavy atom. The van der Waals surface area contributed by atoms with Crippen LogP contribution in [-0.2, 0) is 4.74 Å². The van der Waals surface area contributed by atoms with Crippen molar-refractivity contribution >= 4 is 23.4 Å². The van der Waals surface area contributed by atoms with Crippen molar-refractivity contribution in [1.82, 2.24) is 15.0 Å². The number of ether oxygens (including phenoxy) is 2. The maximum absolute atomic E-state index is 5.71. The van der Waals surface area contributed by atoms with E-state index in [1.165, 1.54) is 11.8 Å². The first-order chi connectivity index (χ1) is 7.26. The molecular formula is C8H12ClN3O2S. The number of halogens is 1. The molecule has 0 aliphatic rings. The molecule has 15 heavy (non-hydrogen) atoms. The lowest BCUT2D eigenvalue weighted by Crippen LogP contribution is -2.01. The number of nitrogens with zero attached hydrogens (tertiary/aromatic N) is 3. The fourth-order valence-corrected chi connectivity index (χ4v) is 1.72. The zero-order chi connectivity index (χ0) is 11.1. The number of hydrogen-bond donors (Lipinski definition) is 0. The molecule has 0 saturated carbocycles. The molecule has 0 saturated heterocycles. The quantitative estimate of drug-likeness (QED) is 0.565. The van der Waals surface area contributed by atoms with Crippen LogP contribution in [0.25, 0.3) is 0 Å². The van der Waals surface area contributed by atoms with Gasteiger partial charge < -0.3 is 9.47 Å². The van der Waals surface area contributed by atoms with Crippen molar-refractivity contribution in [3.05, 3.63) is 5.28 Å². The predicted octanol–water partition coefficient (Wildman–Crippen LogP) is 1.66. The van der Waals surface area contributed by atoms with Gasteiger partial charge in [0.05, 0.1) is 13.2 Å². The van der Waals surface area contributed by atoms with E-state index in [1.54, 1.807) is 7.11 Å². The topological polar surface area (TPSA) is 57.1 Å². The summed E-state index contributed by atoms with van der Waals surface area (Å²) in [5.41, 5.74) is 0. The SMILES string of the molecule is CCOc1nc(Cl)nc(SCCOC)n1. The molecule has 0 aromatic carbocycles. The van der Waals surface area contributed by atoms with Gasteiger partial charge in [-0.25, -0.2) is 0 Å². The number of rotatable bonds is 6. The number of methoxy groups -OCH3 is 1. The standard InChI is InChI=1S/C8H12ClN3O2S/c1-3-14-7-10-6(9)11-8(12-7)15-5-4-13-2/h3-5H2,1-2H3. The van der Waals surface area contributed by atoms with E-state index < -0.39 is 0 Å². The van der Waals surface area contributed by atoms with Gasteiger partial charge in [0.25, 0.3) is 0 Å². The molecule has 0 fully saturated rings. The minimum Gasteiger partial charge on any atom is -0.464 e. The summed E-state index contributed by atoms with van der Waals surface area (Å²) in [6, 6.07) is 0.261. The minimum atomic E-state index is 0.147. The zero-order valence-corrected chi connectivity index (χ0v) is 10.1. The molecule has 5 nitrogen and oxygen atoms in total. The van der Waals surface area contributed by atoms with E-state index in [1.807, 2.05) is 6.92 Å². The Bertz CT molecular complexity index is 314. The highest BCUT2D eigenvalue weighted by molar-refractivity contribution is 7.99. The van der Waals surface area contributed by atoms with Crippen LogP contribution in [0.1, 0.15) is 6.92 Å². The molecule has 1 aromatic rings. The van der Waals surface area contributed by atoms with Crippen molar-refractivity contribution in [2.45, 2.75) is 12.1 Å². The Morgan fingerprint density at radius 3 is 2.80 bits per heavy atom. The second kappa shape index (κ2) is 6.81. The van der Waals surface area contributed by atoms with E-state index in [0.717, 1.165) is 5.75 Å². The summed E-state index contributed by atoms with van der Waals surface area (Å²) in [6.45, 7) is 3.00. The monoisotopic (exact) mass is 249 g/mol. The van der Waals surface area contributed by atoms with Crippen LogP contribution in [0, 0.1) is 0 Å². The second-order valence-electron chi connectivity index (χ2n) is 2.44. The van der Waals surface area contributed by atoms with Crippen LogP contribution in [-0.4, -0.2) is 41.0 Å². The maximum Gasteiger partial charge on any atom is 0.321 e. The van der Waals surface area contributed by atoms with Crippen LogP contribution in [0.2, 0.25) is 5.28 Å². The second-order valence-corrected chi connectivity index (χ2v) is 3.84. The summed E-state index contributed by atoms with van der Waals surface area (Å²) in [4.78, 5) is 11.9. The molecular weight excluding hydrogens is 238 g/mol. The Kier molecular flexibility index (Phi) is 5.67. The van der Waals surface area contributed by atoms with Crippen molar-refractivity contribution in [3.8, 4) is 6.01 Å². The van der Waals surface area contributed by atoms with E-state index in [2.05, 4.69) is 15.0 Å².